The van der Waals surface area contributed by atoms with Crippen LogP contribution >= 0.6 is 23.1 Å². The van der Waals surface area contributed by atoms with Crippen LogP contribution in [0.2, 0.25) is 4.34 Å². The summed E-state index contributed by atoms with van der Waals surface area (Å²) in [4.78, 5) is 0. The Morgan fingerprint density at radius 2 is 2.15 bits per heavy atom. The van der Waals surface area contributed by atoms with Crippen LogP contribution in [0.15, 0.2) is 6.07 Å². The van der Waals surface area contributed by atoms with Crippen molar-refractivity contribution in [3.63, 3.8) is 0 Å². The predicted molar refractivity (Wildman–Crippen MR) is 57.6 cm³/mol. The molecule has 2 nitrogen and oxygen atoms in total. The van der Waals surface area contributed by atoms with E-state index >= 15 is 0 Å². The van der Waals surface area contributed by atoms with Gasteiger partial charge in [0.05, 0.1) is 0 Å². The number of aromatic nitrogens is 1. The number of anilines is 1. The van der Waals surface area contributed by atoms with E-state index in [0.29, 0.717) is 6.04 Å². The van der Waals surface area contributed by atoms with Crippen molar-refractivity contribution >= 4 is 29.0 Å². The van der Waals surface area contributed by atoms with E-state index in [2.05, 4.69) is 9.69 Å². The molecule has 0 amide bonds. The number of hydrogen-bond acceptors (Lipinski definition) is 3. The first-order chi connectivity index (χ1) is 6.34. The first-order valence-corrected chi connectivity index (χ1v) is 5.88. The van der Waals surface area contributed by atoms with Gasteiger partial charge in [0.2, 0.25) is 0 Å². The smallest absolute Gasteiger partial charge is 0.141 e. The van der Waals surface area contributed by atoms with Crippen LogP contribution in [0, 0.1) is 0 Å². The van der Waals surface area contributed by atoms with Gasteiger partial charge in [0.15, 0.2) is 0 Å². The Hall–Kier alpha value is -0.280. The molecule has 1 aromatic heterocycles. The van der Waals surface area contributed by atoms with Gasteiger partial charge in [-0.15, -0.1) is 0 Å². The topological polar surface area (TPSA) is 24.9 Å². The molecule has 0 aromatic carbocycles. The minimum Gasteiger partial charge on any atom is -0.366 e. The molecule has 1 aliphatic carbocycles. The van der Waals surface area contributed by atoms with E-state index in [9.17, 15) is 0 Å². The third-order valence-electron chi connectivity index (χ3n) is 2.44. The van der Waals surface area contributed by atoms with Gasteiger partial charge in [-0.05, 0) is 24.4 Å². The lowest BCUT2D eigenvalue weighted by Gasteiger charge is -2.22. The van der Waals surface area contributed by atoms with Crippen molar-refractivity contribution in [1.82, 2.24) is 4.37 Å². The van der Waals surface area contributed by atoms with Gasteiger partial charge in [0, 0.05) is 12.1 Å². The number of nitrogens with zero attached hydrogens (tertiary/aromatic N) is 1. The molecule has 1 N–H and O–H groups in total. The maximum absolute atomic E-state index is 5.79. The molecule has 1 aliphatic rings. The zero-order valence-corrected chi connectivity index (χ0v) is 9.00. The summed E-state index contributed by atoms with van der Waals surface area (Å²) < 4.78 is 4.97. The highest BCUT2D eigenvalue weighted by molar-refractivity contribution is 7.10. The Morgan fingerprint density at radius 3 is 2.77 bits per heavy atom. The zero-order chi connectivity index (χ0) is 9.10. The molecule has 1 saturated carbocycles. The normalized spacial score (nSPS) is 18.8. The maximum Gasteiger partial charge on any atom is 0.141 e. The molecule has 1 aromatic rings. The molecule has 1 fully saturated rings. The van der Waals surface area contributed by atoms with Crippen molar-refractivity contribution < 1.29 is 0 Å². The Kier molecular flexibility index (Phi) is 3.06. The summed E-state index contributed by atoms with van der Waals surface area (Å²) >= 11 is 7.14. The molecular weight excluding hydrogens is 204 g/mol. The number of rotatable bonds is 2. The molecule has 0 bridgehead atoms. The number of nitrogens with one attached hydrogen (secondary N) is 1. The Morgan fingerprint density at radius 1 is 1.38 bits per heavy atom. The molecule has 72 valence electrons. The fourth-order valence-corrected chi connectivity index (χ4v) is 2.44. The Balaban J connectivity index is 1.89. The van der Waals surface area contributed by atoms with Crippen LogP contribution in [0.3, 0.4) is 0 Å². The highest BCUT2D eigenvalue weighted by Gasteiger charge is 2.13. The third kappa shape index (κ3) is 2.58. The number of hydrogen-bond donors (Lipinski definition) is 1. The molecule has 0 spiro atoms. The molecule has 1 heterocycles. The fraction of sp³-hybridized carbons (Fsp3) is 0.667. The van der Waals surface area contributed by atoms with Crippen LogP contribution in [-0.2, 0) is 0 Å². The summed E-state index contributed by atoms with van der Waals surface area (Å²) in [6.45, 7) is 0. The van der Waals surface area contributed by atoms with Crippen LogP contribution in [0.5, 0.6) is 0 Å². The minimum absolute atomic E-state index is 0.618. The minimum atomic E-state index is 0.618. The largest absolute Gasteiger partial charge is 0.366 e. The first-order valence-electron chi connectivity index (χ1n) is 4.73. The van der Waals surface area contributed by atoms with Gasteiger partial charge in [0.1, 0.15) is 10.2 Å². The Labute approximate surface area is 87.5 Å². The van der Waals surface area contributed by atoms with E-state index in [1.165, 1.54) is 43.6 Å². The average molecular weight is 217 g/mol. The Bertz CT molecular complexity index is 268. The van der Waals surface area contributed by atoms with Crippen molar-refractivity contribution in [2.24, 2.45) is 0 Å². The van der Waals surface area contributed by atoms with E-state index in [4.69, 9.17) is 11.6 Å². The summed E-state index contributed by atoms with van der Waals surface area (Å²) in [5.74, 6) is 0.946. The van der Waals surface area contributed by atoms with Crippen molar-refractivity contribution in [2.45, 2.75) is 38.1 Å². The summed E-state index contributed by atoms with van der Waals surface area (Å²) in [5.41, 5.74) is 0. The van der Waals surface area contributed by atoms with Crippen molar-refractivity contribution in [2.75, 3.05) is 5.32 Å². The standard InChI is InChI=1S/C9H13ClN2S/c10-8-6-9(12-13-8)11-7-4-2-1-3-5-7/h6-7H,1-5H2,(H,11,12). The molecule has 0 saturated heterocycles. The summed E-state index contributed by atoms with van der Waals surface area (Å²) in [6, 6.07) is 2.52. The van der Waals surface area contributed by atoms with Gasteiger partial charge in [-0.2, -0.15) is 4.37 Å². The lowest BCUT2D eigenvalue weighted by Crippen LogP contribution is -2.22. The molecule has 4 heteroatoms. The molecule has 0 unspecified atom stereocenters. The van der Waals surface area contributed by atoms with Gasteiger partial charge in [-0.3, -0.25) is 0 Å². The molecule has 0 aliphatic heterocycles. The lowest BCUT2D eigenvalue weighted by molar-refractivity contribution is 0.462. The maximum atomic E-state index is 5.79. The van der Waals surface area contributed by atoms with Gasteiger partial charge in [-0.25, -0.2) is 0 Å². The van der Waals surface area contributed by atoms with Gasteiger partial charge in [0.25, 0.3) is 0 Å². The van der Waals surface area contributed by atoms with Crippen LogP contribution in [0.25, 0.3) is 0 Å². The van der Waals surface area contributed by atoms with Crippen molar-refractivity contribution in [3.05, 3.63) is 10.4 Å². The van der Waals surface area contributed by atoms with Crippen LogP contribution in [0.1, 0.15) is 32.1 Å². The van der Waals surface area contributed by atoms with Crippen molar-refractivity contribution in [1.29, 1.82) is 0 Å². The second kappa shape index (κ2) is 4.29. The van der Waals surface area contributed by atoms with Crippen molar-refractivity contribution in [3.8, 4) is 0 Å². The van der Waals surface area contributed by atoms with Crippen LogP contribution < -0.4 is 5.32 Å². The second-order valence-electron chi connectivity index (χ2n) is 3.50. The van der Waals surface area contributed by atoms with Gasteiger partial charge in [-0.1, -0.05) is 30.9 Å². The first kappa shape index (κ1) is 9.28. The molecule has 0 radical (unpaired) electrons. The fourth-order valence-electron chi connectivity index (χ4n) is 1.78. The quantitative estimate of drug-likeness (QED) is 0.818. The van der Waals surface area contributed by atoms with E-state index in [1.54, 1.807) is 0 Å². The monoisotopic (exact) mass is 216 g/mol. The highest BCUT2D eigenvalue weighted by Crippen LogP contribution is 2.24. The lowest BCUT2D eigenvalue weighted by atomic mass is 9.96. The van der Waals surface area contributed by atoms with Gasteiger partial charge < -0.3 is 5.32 Å². The second-order valence-corrected chi connectivity index (χ2v) is 4.93. The van der Waals surface area contributed by atoms with Gasteiger partial charge >= 0.3 is 0 Å². The molecular formula is C9H13ClN2S. The molecule has 0 atom stereocenters. The molecule has 2 rings (SSSR count). The average Bonchev–Trinajstić information content (AvgIpc) is 2.53. The SMILES string of the molecule is Clc1cc(NC2CCCCC2)ns1. The van der Waals surface area contributed by atoms with E-state index < -0.39 is 0 Å². The summed E-state index contributed by atoms with van der Waals surface area (Å²) in [7, 11) is 0. The predicted octanol–water partition coefficient (Wildman–Crippen LogP) is 3.54. The summed E-state index contributed by atoms with van der Waals surface area (Å²) in [5, 5.41) is 3.42. The van der Waals surface area contributed by atoms with E-state index in [1.807, 2.05) is 6.07 Å². The van der Waals surface area contributed by atoms with Crippen LogP contribution in [-0.4, -0.2) is 10.4 Å². The molecule has 13 heavy (non-hydrogen) atoms. The zero-order valence-electron chi connectivity index (χ0n) is 7.42. The van der Waals surface area contributed by atoms with E-state index in [-0.39, 0.29) is 0 Å². The van der Waals surface area contributed by atoms with Crippen LogP contribution in [0.4, 0.5) is 5.82 Å². The summed E-state index contributed by atoms with van der Waals surface area (Å²) in [6.07, 6.45) is 6.62. The number of halogens is 1. The highest BCUT2D eigenvalue weighted by atomic mass is 35.5. The third-order valence-corrected chi connectivity index (χ3v) is 3.33. The van der Waals surface area contributed by atoms with E-state index in [0.717, 1.165) is 10.2 Å².